The van der Waals surface area contributed by atoms with Gasteiger partial charge in [0.15, 0.2) is 5.92 Å². The second kappa shape index (κ2) is 5.77. The van der Waals surface area contributed by atoms with Crippen LogP contribution in [0.2, 0.25) is 0 Å². The Bertz CT molecular complexity index is 533. The van der Waals surface area contributed by atoms with Crippen LogP contribution in [0.1, 0.15) is 11.5 Å². The lowest BCUT2D eigenvalue weighted by Gasteiger charge is -2.31. The summed E-state index contributed by atoms with van der Waals surface area (Å²) in [7, 11) is 2.48. The average molecular weight is 276 g/mol. The summed E-state index contributed by atoms with van der Waals surface area (Å²) in [6.45, 7) is 4.16. The first-order chi connectivity index (χ1) is 9.60. The predicted molar refractivity (Wildman–Crippen MR) is 71.3 cm³/mol. The van der Waals surface area contributed by atoms with E-state index in [0.29, 0.717) is 11.3 Å². The number of para-hydroxylation sites is 1. The molecule has 5 heteroatoms. The van der Waals surface area contributed by atoms with E-state index in [1.807, 2.05) is 18.2 Å². The molecule has 0 aromatic heterocycles. The molecule has 1 heterocycles. The predicted octanol–water partition coefficient (Wildman–Crippen LogP) is 1.68. The van der Waals surface area contributed by atoms with E-state index in [1.54, 1.807) is 6.07 Å². The monoisotopic (exact) mass is 276 g/mol. The molecule has 1 unspecified atom stereocenters. The third-order valence-corrected chi connectivity index (χ3v) is 3.35. The molecule has 0 aliphatic carbocycles. The maximum absolute atomic E-state index is 12.0. The van der Waals surface area contributed by atoms with Gasteiger partial charge in [-0.15, -0.1) is 0 Å². The van der Waals surface area contributed by atoms with Crippen molar-refractivity contribution < 1.29 is 23.8 Å². The van der Waals surface area contributed by atoms with Crippen LogP contribution >= 0.6 is 0 Å². The Morgan fingerprint density at radius 1 is 1.25 bits per heavy atom. The summed E-state index contributed by atoms with van der Waals surface area (Å²) in [5, 5.41) is 0. The Hall–Kier alpha value is -2.30. The highest BCUT2D eigenvalue weighted by molar-refractivity contribution is 5.96. The van der Waals surface area contributed by atoms with Gasteiger partial charge in [-0.2, -0.15) is 0 Å². The fourth-order valence-corrected chi connectivity index (χ4v) is 2.39. The normalized spacial score (nSPS) is 17.1. The SMILES string of the molecule is C=C1COc2ccccc2C1C(C(=O)OC)C(=O)OC. The fraction of sp³-hybridized carbons (Fsp3) is 0.333. The summed E-state index contributed by atoms with van der Waals surface area (Å²) in [6.07, 6.45) is 0. The van der Waals surface area contributed by atoms with E-state index >= 15 is 0 Å². The molecular formula is C15H16O5. The molecule has 5 nitrogen and oxygen atoms in total. The summed E-state index contributed by atoms with van der Waals surface area (Å²) in [4.78, 5) is 23.9. The molecule has 1 aliphatic rings. The van der Waals surface area contributed by atoms with E-state index < -0.39 is 23.8 Å². The highest BCUT2D eigenvalue weighted by Gasteiger charge is 2.42. The zero-order chi connectivity index (χ0) is 14.7. The van der Waals surface area contributed by atoms with Crippen molar-refractivity contribution in [3.8, 4) is 5.75 Å². The lowest BCUT2D eigenvalue weighted by Crippen LogP contribution is -2.35. The second-order valence-corrected chi connectivity index (χ2v) is 4.49. The van der Waals surface area contributed by atoms with Crippen molar-refractivity contribution >= 4 is 11.9 Å². The average Bonchev–Trinajstić information content (AvgIpc) is 2.49. The molecule has 106 valence electrons. The summed E-state index contributed by atoms with van der Waals surface area (Å²) in [6, 6.07) is 7.25. The van der Waals surface area contributed by atoms with E-state index in [-0.39, 0.29) is 6.61 Å². The van der Waals surface area contributed by atoms with Crippen LogP contribution in [-0.2, 0) is 19.1 Å². The number of hydrogen-bond acceptors (Lipinski definition) is 5. The van der Waals surface area contributed by atoms with Crippen LogP contribution in [-0.4, -0.2) is 32.8 Å². The number of hydrogen-bond donors (Lipinski definition) is 0. The van der Waals surface area contributed by atoms with Gasteiger partial charge in [-0.05, 0) is 11.6 Å². The van der Waals surface area contributed by atoms with Gasteiger partial charge in [0.1, 0.15) is 12.4 Å². The molecule has 0 radical (unpaired) electrons. The Labute approximate surface area is 117 Å². The van der Waals surface area contributed by atoms with Crippen molar-refractivity contribution in [2.75, 3.05) is 20.8 Å². The molecule has 0 bridgehead atoms. The van der Waals surface area contributed by atoms with Crippen LogP contribution in [0.15, 0.2) is 36.4 Å². The van der Waals surface area contributed by atoms with E-state index in [4.69, 9.17) is 14.2 Å². The number of ether oxygens (including phenoxy) is 3. The summed E-state index contributed by atoms with van der Waals surface area (Å²) >= 11 is 0. The molecule has 0 saturated heterocycles. The van der Waals surface area contributed by atoms with Crippen LogP contribution in [0, 0.1) is 5.92 Å². The Morgan fingerprint density at radius 2 is 1.85 bits per heavy atom. The van der Waals surface area contributed by atoms with Gasteiger partial charge in [-0.1, -0.05) is 24.8 Å². The van der Waals surface area contributed by atoms with Gasteiger partial charge in [-0.3, -0.25) is 9.59 Å². The number of esters is 2. The molecule has 1 aromatic rings. The van der Waals surface area contributed by atoms with Crippen molar-refractivity contribution in [2.45, 2.75) is 5.92 Å². The minimum atomic E-state index is -1.07. The summed E-state index contributed by atoms with van der Waals surface area (Å²) in [5.41, 5.74) is 1.38. The van der Waals surface area contributed by atoms with Crippen molar-refractivity contribution in [2.24, 2.45) is 5.92 Å². The molecule has 0 amide bonds. The van der Waals surface area contributed by atoms with E-state index in [2.05, 4.69) is 6.58 Å². The van der Waals surface area contributed by atoms with E-state index in [1.165, 1.54) is 14.2 Å². The fourth-order valence-electron chi connectivity index (χ4n) is 2.39. The standard InChI is InChI=1S/C15H16O5/c1-9-8-20-11-7-5-4-6-10(11)12(9)13(14(16)18-2)15(17)19-3/h4-7,12-13H,1,8H2,2-3H3. The molecule has 1 aromatic carbocycles. The minimum absolute atomic E-state index is 0.256. The van der Waals surface area contributed by atoms with Crippen LogP contribution in [0.4, 0.5) is 0 Å². The second-order valence-electron chi connectivity index (χ2n) is 4.49. The molecular weight excluding hydrogens is 260 g/mol. The van der Waals surface area contributed by atoms with Crippen molar-refractivity contribution in [3.05, 3.63) is 42.0 Å². The molecule has 0 fully saturated rings. The number of fused-ring (bicyclic) bond motifs is 1. The molecule has 2 rings (SSSR count). The Morgan fingerprint density at radius 3 is 2.45 bits per heavy atom. The lowest BCUT2D eigenvalue weighted by atomic mass is 9.79. The Kier molecular flexibility index (Phi) is 4.08. The highest BCUT2D eigenvalue weighted by Crippen LogP contribution is 2.41. The maximum Gasteiger partial charge on any atom is 0.321 e. The van der Waals surface area contributed by atoms with Gasteiger partial charge in [0.2, 0.25) is 0 Å². The van der Waals surface area contributed by atoms with Gasteiger partial charge < -0.3 is 14.2 Å². The Balaban J connectivity index is 2.49. The van der Waals surface area contributed by atoms with Gasteiger partial charge >= 0.3 is 11.9 Å². The van der Waals surface area contributed by atoms with Crippen molar-refractivity contribution in [3.63, 3.8) is 0 Å². The molecule has 0 N–H and O–H groups in total. The van der Waals surface area contributed by atoms with Gasteiger partial charge in [-0.25, -0.2) is 0 Å². The van der Waals surface area contributed by atoms with Crippen LogP contribution in [0.5, 0.6) is 5.75 Å². The van der Waals surface area contributed by atoms with Gasteiger partial charge in [0.25, 0.3) is 0 Å². The molecule has 1 aliphatic heterocycles. The topological polar surface area (TPSA) is 61.8 Å². The van der Waals surface area contributed by atoms with E-state index in [9.17, 15) is 9.59 Å². The van der Waals surface area contributed by atoms with Crippen molar-refractivity contribution in [1.82, 2.24) is 0 Å². The van der Waals surface area contributed by atoms with Crippen LogP contribution in [0.3, 0.4) is 0 Å². The highest BCUT2D eigenvalue weighted by atomic mass is 16.5. The third kappa shape index (κ3) is 2.39. The summed E-state index contributed by atoms with van der Waals surface area (Å²) < 4.78 is 15.0. The lowest BCUT2D eigenvalue weighted by molar-refractivity contribution is -0.159. The zero-order valence-electron chi connectivity index (χ0n) is 11.4. The number of methoxy groups -OCH3 is 2. The molecule has 20 heavy (non-hydrogen) atoms. The number of benzene rings is 1. The smallest absolute Gasteiger partial charge is 0.321 e. The first-order valence-corrected chi connectivity index (χ1v) is 6.15. The first-order valence-electron chi connectivity index (χ1n) is 6.15. The van der Waals surface area contributed by atoms with E-state index in [0.717, 1.165) is 5.56 Å². The molecule has 1 atom stereocenters. The first kappa shape index (κ1) is 14.1. The third-order valence-electron chi connectivity index (χ3n) is 3.35. The number of carbonyl (C=O) groups is 2. The van der Waals surface area contributed by atoms with Crippen LogP contribution < -0.4 is 4.74 Å². The number of carbonyl (C=O) groups excluding carboxylic acids is 2. The molecule has 0 saturated carbocycles. The molecule has 0 spiro atoms. The quantitative estimate of drug-likeness (QED) is 0.477. The zero-order valence-corrected chi connectivity index (χ0v) is 11.4. The van der Waals surface area contributed by atoms with Crippen molar-refractivity contribution in [1.29, 1.82) is 0 Å². The maximum atomic E-state index is 12.0. The summed E-state index contributed by atoms with van der Waals surface area (Å²) in [5.74, 6) is -2.20. The van der Waals surface area contributed by atoms with Crippen LogP contribution in [0.25, 0.3) is 0 Å². The number of rotatable bonds is 3. The van der Waals surface area contributed by atoms with Gasteiger partial charge in [0.05, 0.1) is 14.2 Å². The largest absolute Gasteiger partial charge is 0.489 e. The minimum Gasteiger partial charge on any atom is -0.489 e. The van der Waals surface area contributed by atoms with Gasteiger partial charge in [0, 0.05) is 11.5 Å².